The van der Waals surface area contributed by atoms with Crippen LogP contribution >= 0.6 is 0 Å². The zero-order valence-electron chi connectivity index (χ0n) is 8.90. The largest absolute Gasteiger partial charge is 0.485 e. The fourth-order valence-corrected chi connectivity index (χ4v) is 1.73. The summed E-state index contributed by atoms with van der Waals surface area (Å²) >= 11 is 0. The minimum atomic E-state index is -0.134. The van der Waals surface area contributed by atoms with Crippen LogP contribution in [0.1, 0.15) is 18.9 Å². The predicted molar refractivity (Wildman–Crippen MR) is 58.9 cm³/mol. The molecule has 2 unspecified atom stereocenters. The Balaban J connectivity index is 2.29. The van der Waals surface area contributed by atoms with E-state index >= 15 is 0 Å². The van der Waals surface area contributed by atoms with Gasteiger partial charge in [-0.15, -0.1) is 0 Å². The Morgan fingerprint density at radius 3 is 2.94 bits per heavy atom. The molecule has 2 atom stereocenters. The molecule has 80 valence electrons. The highest BCUT2D eigenvalue weighted by molar-refractivity contribution is 5.62. The van der Waals surface area contributed by atoms with E-state index in [1.807, 2.05) is 6.92 Å². The molecule has 4 nitrogen and oxygen atoms in total. The van der Waals surface area contributed by atoms with Gasteiger partial charge in [0.15, 0.2) is 0 Å². The molecule has 1 aromatic carbocycles. The average molecular weight is 213 g/mol. The Labute approximate surface area is 94.1 Å². The zero-order chi connectivity index (χ0) is 11.5. The van der Waals surface area contributed by atoms with Crippen LogP contribution in [0.2, 0.25) is 0 Å². The lowest BCUT2D eigenvalue weighted by molar-refractivity contribution is 0.179. The normalized spacial score (nSPS) is 21.9. The second-order valence-electron chi connectivity index (χ2n) is 3.77. The molecule has 0 saturated heterocycles. The number of rotatable bonds is 1. The number of hydrogen-bond acceptors (Lipinski definition) is 4. The first-order chi connectivity index (χ1) is 7.74. The second kappa shape index (κ2) is 4.12. The van der Waals surface area contributed by atoms with Crippen molar-refractivity contribution in [2.75, 3.05) is 5.32 Å². The van der Waals surface area contributed by atoms with Gasteiger partial charge in [0.1, 0.15) is 11.9 Å². The number of benzene rings is 1. The maximum Gasteiger partial charge on any atom is 0.143 e. The molecule has 0 fully saturated rings. The van der Waals surface area contributed by atoms with E-state index in [1.165, 1.54) is 0 Å². The maximum absolute atomic E-state index is 8.78. The Morgan fingerprint density at radius 1 is 1.44 bits per heavy atom. The van der Waals surface area contributed by atoms with Gasteiger partial charge in [-0.1, -0.05) is 0 Å². The summed E-state index contributed by atoms with van der Waals surface area (Å²) in [5, 5.41) is 20.7. The number of anilines is 1. The van der Waals surface area contributed by atoms with E-state index in [2.05, 4.69) is 17.5 Å². The van der Waals surface area contributed by atoms with Crippen LogP contribution < -0.4 is 10.1 Å². The van der Waals surface area contributed by atoms with Gasteiger partial charge in [-0.05, 0) is 25.1 Å². The smallest absolute Gasteiger partial charge is 0.143 e. The highest BCUT2D eigenvalue weighted by atomic mass is 16.5. The Bertz CT molecular complexity index is 484. The van der Waals surface area contributed by atoms with Gasteiger partial charge >= 0.3 is 0 Å². The van der Waals surface area contributed by atoms with Crippen molar-refractivity contribution in [2.45, 2.75) is 25.5 Å². The van der Waals surface area contributed by atoms with Crippen LogP contribution in [-0.4, -0.2) is 12.1 Å². The quantitative estimate of drug-likeness (QED) is 0.775. The number of hydrogen-bond donors (Lipinski definition) is 1. The molecule has 0 bridgehead atoms. The van der Waals surface area contributed by atoms with Gasteiger partial charge < -0.3 is 10.1 Å². The fraction of sp³-hybridized carbons (Fsp3) is 0.333. The fourth-order valence-electron chi connectivity index (χ4n) is 1.73. The summed E-state index contributed by atoms with van der Waals surface area (Å²) < 4.78 is 5.69. The van der Waals surface area contributed by atoms with Crippen molar-refractivity contribution in [1.29, 1.82) is 10.5 Å². The van der Waals surface area contributed by atoms with Crippen molar-refractivity contribution in [2.24, 2.45) is 0 Å². The SMILES string of the molecule is CC1Nc2cc(C#N)ccc2OC1CC#N. The molecule has 1 aromatic rings. The van der Waals surface area contributed by atoms with Crippen LogP contribution in [0.25, 0.3) is 0 Å². The predicted octanol–water partition coefficient (Wildman–Crippen LogP) is 2.03. The molecule has 1 heterocycles. The van der Waals surface area contributed by atoms with Gasteiger partial charge in [0.2, 0.25) is 0 Å². The Hall–Kier alpha value is -2.20. The average Bonchev–Trinajstić information content (AvgIpc) is 2.30. The van der Waals surface area contributed by atoms with Crippen LogP contribution in [0.4, 0.5) is 5.69 Å². The number of nitrogens with one attached hydrogen (secondary N) is 1. The Kier molecular flexibility index (Phi) is 2.66. The zero-order valence-corrected chi connectivity index (χ0v) is 8.90. The lowest BCUT2D eigenvalue weighted by Crippen LogP contribution is -2.38. The first kappa shape index (κ1) is 10.3. The number of ether oxygens (including phenoxy) is 1. The lowest BCUT2D eigenvalue weighted by atomic mass is 10.1. The first-order valence-corrected chi connectivity index (χ1v) is 5.09. The number of nitriles is 2. The van der Waals surface area contributed by atoms with Crippen LogP contribution in [0.5, 0.6) is 5.75 Å². The van der Waals surface area contributed by atoms with Crippen molar-refractivity contribution >= 4 is 5.69 Å². The van der Waals surface area contributed by atoms with Gasteiger partial charge in [-0.3, -0.25) is 0 Å². The van der Waals surface area contributed by atoms with E-state index in [0.29, 0.717) is 17.7 Å². The standard InChI is InChI=1S/C12H11N3O/c1-8-11(4-5-13)16-12-3-2-9(7-14)6-10(12)15-8/h2-3,6,8,11,15H,4H2,1H3. The summed E-state index contributed by atoms with van der Waals surface area (Å²) in [5.41, 5.74) is 1.42. The Morgan fingerprint density at radius 2 is 2.25 bits per heavy atom. The van der Waals surface area contributed by atoms with Crippen molar-refractivity contribution in [3.05, 3.63) is 23.8 Å². The third-order valence-corrected chi connectivity index (χ3v) is 2.62. The first-order valence-electron chi connectivity index (χ1n) is 5.09. The highest BCUT2D eigenvalue weighted by Crippen LogP contribution is 2.32. The summed E-state index contributed by atoms with van der Waals surface area (Å²) in [5.74, 6) is 0.706. The molecule has 16 heavy (non-hydrogen) atoms. The van der Waals surface area contributed by atoms with Gasteiger partial charge in [0.25, 0.3) is 0 Å². The van der Waals surface area contributed by atoms with E-state index in [-0.39, 0.29) is 12.1 Å². The van der Waals surface area contributed by atoms with E-state index in [1.54, 1.807) is 18.2 Å². The van der Waals surface area contributed by atoms with Crippen molar-refractivity contribution < 1.29 is 4.74 Å². The van der Waals surface area contributed by atoms with E-state index < -0.39 is 0 Å². The van der Waals surface area contributed by atoms with Crippen LogP contribution in [0.15, 0.2) is 18.2 Å². The van der Waals surface area contributed by atoms with E-state index in [4.69, 9.17) is 15.3 Å². The summed E-state index contributed by atoms with van der Waals surface area (Å²) in [6, 6.07) is 9.48. The molecule has 4 heteroatoms. The van der Waals surface area contributed by atoms with Gasteiger partial charge in [-0.2, -0.15) is 10.5 Å². The van der Waals surface area contributed by atoms with Gasteiger partial charge in [0, 0.05) is 0 Å². The molecule has 0 aromatic heterocycles. The molecule has 0 radical (unpaired) electrons. The molecule has 1 aliphatic rings. The lowest BCUT2D eigenvalue weighted by Gasteiger charge is -2.31. The molecule has 1 aliphatic heterocycles. The third-order valence-electron chi connectivity index (χ3n) is 2.62. The van der Waals surface area contributed by atoms with Crippen molar-refractivity contribution in [1.82, 2.24) is 0 Å². The molecular weight excluding hydrogens is 202 g/mol. The molecule has 0 aliphatic carbocycles. The number of fused-ring (bicyclic) bond motifs is 1. The van der Waals surface area contributed by atoms with Crippen molar-refractivity contribution in [3.8, 4) is 17.9 Å². The topological polar surface area (TPSA) is 68.8 Å². The molecular formula is C12H11N3O. The molecule has 2 rings (SSSR count). The second-order valence-corrected chi connectivity index (χ2v) is 3.77. The summed E-state index contributed by atoms with van der Waals surface area (Å²) in [6.45, 7) is 1.96. The highest BCUT2D eigenvalue weighted by Gasteiger charge is 2.25. The molecule has 0 spiro atoms. The summed E-state index contributed by atoms with van der Waals surface area (Å²) in [6.07, 6.45) is 0.221. The van der Waals surface area contributed by atoms with Crippen LogP contribution in [-0.2, 0) is 0 Å². The molecule has 0 saturated carbocycles. The minimum Gasteiger partial charge on any atom is -0.485 e. The number of nitrogens with zero attached hydrogens (tertiary/aromatic N) is 2. The van der Waals surface area contributed by atoms with Crippen LogP contribution in [0, 0.1) is 22.7 Å². The van der Waals surface area contributed by atoms with Gasteiger partial charge in [0.05, 0.1) is 35.9 Å². The minimum absolute atomic E-state index is 0.0705. The summed E-state index contributed by atoms with van der Waals surface area (Å²) in [4.78, 5) is 0. The van der Waals surface area contributed by atoms with Crippen LogP contribution in [0.3, 0.4) is 0 Å². The molecule has 1 N–H and O–H groups in total. The third kappa shape index (κ3) is 1.78. The van der Waals surface area contributed by atoms with E-state index in [9.17, 15) is 0 Å². The van der Waals surface area contributed by atoms with E-state index in [0.717, 1.165) is 5.69 Å². The molecule has 0 amide bonds. The van der Waals surface area contributed by atoms with Gasteiger partial charge in [-0.25, -0.2) is 0 Å². The monoisotopic (exact) mass is 213 g/mol. The van der Waals surface area contributed by atoms with Crippen molar-refractivity contribution in [3.63, 3.8) is 0 Å². The maximum atomic E-state index is 8.78. The summed E-state index contributed by atoms with van der Waals surface area (Å²) in [7, 11) is 0.